The molecule has 0 saturated heterocycles. The first-order chi connectivity index (χ1) is 21.0. The zero-order valence-corrected chi connectivity index (χ0v) is 23.4. The Bertz CT molecular complexity index is 1920. The molecule has 0 unspecified atom stereocenters. The monoisotopic (exact) mass is 577 g/mol. The van der Waals surface area contributed by atoms with Gasteiger partial charge in [-0.2, -0.15) is 0 Å². The minimum absolute atomic E-state index is 0.0968. The van der Waals surface area contributed by atoms with E-state index >= 15 is 0 Å². The molecular formula is C32H27N5O6. The van der Waals surface area contributed by atoms with Crippen LogP contribution in [0.15, 0.2) is 89.1 Å². The Morgan fingerprint density at radius 1 is 0.953 bits per heavy atom. The number of amides is 1. The number of ether oxygens (including phenoxy) is 3. The number of nitrogens with one attached hydrogen (secondary N) is 1. The third-order valence-electron chi connectivity index (χ3n) is 7.23. The molecule has 2 N–H and O–H groups in total. The van der Waals surface area contributed by atoms with Crippen LogP contribution in [-0.2, 0) is 6.42 Å². The van der Waals surface area contributed by atoms with Crippen LogP contribution in [0.4, 0.5) is 5.82 Å². The largest absolute Gasteiger partial charge is 0.493 e. The Morgan fingerprint density at radius 2 is 1.74 bits per heavy atom. The number of pyridine rings is 3. The molecule has 0 fully saturated rings. The number of hydrogen-bond acceptors (Lipinski definition) is 9. The predicted molar refractivity (Wildman–Crippen MR) is 160 cm³/mol. The number of oxime groups is 1. The van der Waals surface area contributed by atoms with E-state index in [9.17, 15) is 14.8 Å². The molecule has 0 saturated carbocycles. The highest BCUT2D eigenvalue weighted by Crippen LogP contribution is 2.37. The van der Waals surface area contributed by atoms with E-state index in [1.54, 1.807) is 62.9 Å². The Labute approximate surface area is 246 Å². The quantitative estimate of drug-likeness (QED) is 0.195. The summed E-state index contributed by atoms with van der Waals surface area (Å²) in [5, 5.41) is 16.5. The van der Waals surface area contributed by atoms with Gasteiger partial charge in [0.1, 0.15) is 22.9 Å². The van der Waals surface area contributed by atoms with E-state index in [2.05, 4.69) is 20.4 Å². The maximum atomic E-state index is 13.7. The van der Waals surface area contributed by atoms with Crippen LogP contribution in [-0.4, -0.2) is 45.6 Å². The lowest BCUT2D eigenvalue weighted by Crippen LogP contribution is -2.33. The molecule has 1 amide bonds. The summed E-state index contributed by atoms with van der Waals surface area (Å²) in [7, 11) is 3.11. The van der Waals surface area contributed by atoms with Gasteiger partial charge >= 0.3 is 0 Å². The van der Waals surface area contributed by atoms with E-state index in [0.29, 0.717) is 69.4 Å². The van der Waals surface area contributed by atoms with E-state index < -0.39 is 11.5 Å². The molecule has 0 atom stereocenters. The highest BCUT2D eigenvalue weighted by atomic mass is 16.5. The summed E-state index contributed by atoms with van der Waals surface area (Å²) in [6.45, 7) is 0. The first-order valence-corrected chi connectivity index (χ1v) is 13.5. The van der Waals surface area contributed by atoms with E-state index in [4.69, 9.17) is 14.2 Å². The fraction of sp³-hybridized carbons (Fsp3) is 0.156. The average molecular weight is 578 g/mol. The van der Waals surface area contributed by atoms with Crippen LogP contribution in [0.3, 0.4) is 0 Å². The summed E-state index contributed by atoms with van der Waals surface area (Å²) in [5.41, 5.74) is 2.41. The average Bonchev–Trinajstić information content (AvgIpc) is 3.04. The third-order valence-corrected chi connectivity index (χ3v) is 7.23. The second-order valence-corrected chi connectivity index (χ2v) is 9.76. The van der Waals surface area contributed by atoms with Crippen molar-refractivity contribution < 1.29 is 24.2 Å². The Hall–Kier alpha value is -5.71. The smallest absolute Gasteiger partial charge is 0.268 e. The lowest BCUT2D eigenvalue weighted by atomic mass is 9.92. The van der Waals surface area contributed by atoms with Gasteiger partial charge in [-0.3, -0.25) is 19.1 Å². The number of fused-ring (bicyclic) bond motifs is 2. The number of rotatable bonds is 7. The molecule has 0 bridgehead atoms. The second-order valence-electron chi connectivity index (χ2n) is 9.76. The van der Waals surface area contributed by atoms with Gasteiger partial charge in [-0.05, 0) is 61.7 Å². The van der Waals surface area contributed by atoms with Gasteiger partial charge in [0.15, 0.2) is 11.5 Å². The molecule has 1 aliphatic rings. The molecule has 11 heteroatoms. The van der Waals surface area contributed by atoms with Crippen molar-refractivity contribution in [2.75, 3.05) is 19.5 Å². The minimum Gasteiger partial charge on any atom is -0.493 e. The van der Waals surface area contributed by atoms with E-state index in [-0.39, 0.29) is 11.4 Å². The van der Waals surface area contributed by atoms with Crippen molar-refractivity contribution in [3.63, 3.8) is 0 Å². The van der Waals surface area contributed by atoms with Crippen molar-refractivity contribution in [3.05, 3.63) is 106 Å². The fourth-order valence-corrected chi connectivity index (χ4v) is 5.19. The van der Waals surface area contributed by atoms with Crippen molar-refractivity contribution in [1.82, 2.24) is 14.5 Å². The van der Waals surface area contributed by atoms with Crippen LogP contribution in [0.1, 0.15) is 34.5 Å². The summed E-state index contributed by atoms with van der Waals surface area (Å²) in [6, 6.07) is 19.1. The van der Waals surface area contributed by atoms with E-state index in [0.717, 1.165) is 6.42 Å². The Kier molecular flexibility index (Phi) is 7.44. The number of carbonyl (C=O) groups excluding carboxylic acids is 1. The molecule has 5 aromatic rings. The molecule has 1 aliphatic carbocycles. The first-order valence-electron chi connectivity index (χ1n) is 13.5. The van der Waals surface area contributed by atoms with Gasteiger partial charge in [0.2, 0.25) is 0 Å². The lowest BCUT2D eigenvalue weighted by Gasteiger charge is -2.23. The second kappa shape index (κ2) is 11.6. The Morgan fingerprint density at radius 3 is 2.47 bits per heavy atom. The van der Waals surface area contributed by atoms with Crippen molar-refractivity contribution in [2.45, 2.75) is 19.3 Å². The molecule has 3 aromatic heterocycles. The number of hydrogen-bond donors (Lipinski definition) is 2. The number of methoxy groups -OCH3 is 2. The summed E-state index contributed by atoms with van der Waals surface area (Å²) in [5.74, 6) is 1.63. The van der Waals surface area contributed by atoms with Gasteiger partial charge in [-0.25, -0.2) is 4.98 Å². The van der Waals surface area contributed by atoms with Crippen molar-refractivity contribution in [3.8, 4) is 28.7 Å². The van der Waals surface area contributed by atoms with Crippen LogP contribution in [0.5, 0.6) is 23.0 Å². The highest BCUT2D eigenvalue weighted by molar-refractivity contribution is 6.07. The van der Waals surface area contributed by atoms with Crippen LogP contribution in [0.2, 0.25) is 0 Å². The van der Waals surface area contributed by atoms with Crippen molar-refractivity contribution >= 4 is 28.3 Å². The molecule has 6 rings (SSSR count). The zero-order chi connectivity index (χ0) is 29.9. The first kappa shape index (κ1) is 27.5. The number of para-hydroxylation sites is 1. The van der Waals surface area contributed by atoms with Crippen molar-refractivity contribution in [2.24, 2.45) is 5.16 Å². The van der Waals surface area contributed by atoms with Crippen LogP contribution in [0, 0.1) is 0 Å². The number of nitrogens with zero attached hydrogens (tertiary/aromatic N) is 4. The molecule has 43 heavy (non-hydrogen) atoms. The number of aromatic nitrogens is 3. The highest BCUT2D eigenvalue weighted by Gasteiger charge is 2.26. The van der Waals surface area contributed by atoms with Gasteiger partial charge in [0, 0.05) is 34.6 Å². The van der Waals surface area contributed by atoms with E-state index in [1.165, 1.54) is 16.8 Å². The number of anilines is 1. The van der Waals surface area contributed by atoms with Gasteiger partial charge in [0.25, 0.3) is 11.5 Å². The maximum absolute atomic E-state index is 13.7. The molecule has 0 spiro atoms. The molecular weight excluding hydrogens is 550 g/mol. The molecule has 2 aromatic carbocycles. The summed E-state index contributed by atoms with van der Waals surface area (Å²) in [6.07, 6.45) is 4.96. The standard InChI is InChI=1S/C32H27N5O6/c1-41-28-16-22-25(17-29(28)42-2)33-14-13-27(22)43-20-11-12-30(34-18-20)35-31(38)23-15-21-24(36-40)9-6-10-26(21)37(32(23)39)19-7-4-3-5-8-19/h3-5,7-8,11-18,40H,6,9-10H2,1-2H3,(H,34,35,38). The topological polar surface area (TPSA) is 137 Å². The van der Waals surface area contributed by atoms with Gasteiger partial charge in [-0.1, -0.05) is 23.4 Å². The summed E-state index contributed by atoms with van der Waals surface area (Å²) < 4.78 is 18.4. The summed E-state index contributed by atoms with van der Waals surface area (Å²) >= 11 is 0. The summed E-state index contributed by atoms with van der Waals surface area (Å²) in [4.78, 5) is 35.8. The SMILES string of the molecule is COc1cc2nccc(Oc3ccc(NC(=O)c4cc5c(n(-c6ccccc6)c4=O)CCCC5=NO)nc3)c2cc1OC. The fourth-order valence-electron chi connectivity index (χ4n) is 5.19. The van der Waals surface area contributed by atoms with Crippen LogP contribution < -0.4 is 25.1 Å². The third kappa shape index (κ3) is 5.23. The lowest BCUT2D eigenvalue weighted by molar-refractivity contribution is 0.102. The van der Waals surface area contributed by atoms with Gasteiger partial charge in [0.05, 0.1) is 31.6 Å². The maximum Gasteiger partial charge on any atom is 0.268 e. The van der Waals surface area contributed by atoms with E-state index in [1.807, 2.05) is 18.2 Å². The molecule has 216 valence electrons. The zero-order valence-electron chi connectivity index (χ0n) is 23.4. The minimum atomic E-state index is -0.636. The Balaban J connectivity index is 1.28. The number of benzene rings is 2. The normalized spacial score (nSPS) is 13.4. The van der Waals surface area contributed by atoms with Crippen molar-refractivity contribution in [1.29, 1.82) is 0 Å². The van der Waals surface area contributed by atoms with Crippen LogP contribution >= 0.6 is 0 Å². The van der Waals surface area contributed by atoms with Crippen LogP contribution in [0.25, 0.3) is 16.6 Å². The van der Waals surface area contributed by atoms with Gasteiger partial charge in [-0.15, -0.1) is 0 Å². The molecule has 0 aliphatic heterocycles. The molecule has 3 heterocycles. The van der Waals surface area contributed by atoms with Gasteiger partial charge < -0.3 is 24.7 Å². The molecule has 0 radical (unpaired) electrons. The number of carbonyl (C=O) groups is 1. The molecule has 11 nitrogen and oxygen atoms in total. The predicted octanol–water partition coefficient (Wildman–Crippen LogP) is 5.36.